The number of nitrogens with zero attached hydrogens (tertiary/aromatic N) is 5. The summed E-state index contributed by atoms with van der Waals surface area (Å²) in [5, 5.41) is 10.6. The monoisotopic (exact) mass is 380 g/mol. The Bertz CT molecular complexity index is 945. The molecule has 7 nitrogen and oxygen atoms in total. The van der Waals surface area contributed by atoms with Crippen LogP contribution in [0.2, 0.25) is 0 Å². The average molecular weight is 380 g/mol. The fourth-order valence-electron chi connectivity index (χ4n) is 3.51. The van der Waals surface area contributed by atoms with Crippen molar-refractivity contribution >= 4 is 11.7 Å². The SMILES string of the molecule is O=C(NCC1CCCN(c2ncccc2F)C1)c1cccc(-n2cnnc2)c1. The molecule has 0 saturated carbocycles. The maximum absolute atomic E-state index is 14.0. The van der Waals surface area contributed by atoms with Crippen LogP contribution in [0.1, 0.15) is 23.2 Å². The number of hydrogen-bond donors (Lipinski definition) is 1. The molecule has 0 spiro atoms. The molecule has 0 bridgehead atoms. The van der Waals surface area contributed by atoms with Gasteiger partial charge >= 0.3 is 0 Å². The van der Waals surface area contributed by atoms with Gasteiger partial charge in [-0.3, -0.25) is 9.36 Å². The van der Waals surface area contributed by atoms with Crippen LogP contribution in [0.5, 0.6) is 0 Å². The lowest BCUT2D eigenvalue weighted by molar-refractivity contribution is 0.0945. The van der Waals surface area contributed by atoms with E-state index in [1.54, 1.807) is 41.6 Å². The fourth-order valence-corrected chi connectivity index (χ4v) is 3.51. The maximum atomic E-state index is 14.0. The number of piperidine rings is 1. The Balaban J connectivity index is 1.37. The molecule has 4 rings (SSSR count). The highest BCUT2D eigenvalue weighted by atomic mass is 19.1. The summed E-state index contributed by atoms with van der Waals surface area (Å²) in [4.78, 5) is 18.7. The lowest BCUT2D eigenvalue weighted by atomic mass is 9.97. The van der Waals surface area contributed by atoms with Crippen molar-refractivity contribution in [2.45, 2.75) is 12.8 Å². The van der Waals surface area contributed by atoms with Crippen molar-refractivity contribution in [2.75, 3.05) is 24.5 Å². The molecule has 1 unspecified atom stereocenters. The smallest absolute Gasteiger partial charge is 0.251 e. The van der Waals surface area contributed by atoms with Gasteiger partial charge in [0.1, 0.15) is 12.7 Å². The summed E-state index contributed by atoms with van der Waals surface area (Å²) in [6.45, 7) is 2.00. The molecule has 2 aromatic heterocycles. The minimum Gasteiger partial charge on any atom is -0.354 e. The van der Waals surface area contributed by atoms with E-state index in [0.717, 1.165) is 25.1 Å². The lowest BCUT2D eigenvalue weighted by Gasteiger charge is -2.33. The summed E-state index contributed by atoms with van der Waals surface area (Å²) in [6.07, 6.45) is 6.72. The van der Waals surface area contributed by atoms with Crippen LogP contribution in [0, 0.1) is 11.7 Å². The number of carbonyl (C=O) groups is 1. The number of nitrogens with one attached hydrogen (secondary N) is 1. The van der Waals surface area contributed by atoms with E-state index in [-0.39, 0.29) is 17.6 Å². The second-order valence-corrected chi connectivity index (χ2v) is 6.89. The van der Waals surface area contributed by atoms with Crippen LogP contribution in [0.15, 0.2) is 55.2 Å². The topological polar surface area (TPSA) is 75.9 Å². The summed E-state index contributed by atoms with van der Waals surface area (Å²) in [6, 6.07) is 10.3. The van der Waals surface area contributed by atoms with Gasteiger partial charge in [0.25, 0.3) is 5.91 Å². The molecule has 1 aromatic carbocycles. The average Bonchev–Trinajstić information content (AvgIpc) is 3.28. The first-order valence-electron chi connectivity index (χ1n) is 9.29. The van der Waals surface area contributed by atoms with Crippen LogP contribution in [0.4, 0.5) is 10.2 Å². The van der Waals surface area contributed by atoms with Gasteiger partial charge in [0, 0.05) is 37.1 Å². The van der Waals surface area contributed by atoms with Gasteiger partial charge in [-0.25, -0.2) is 9.37 Å². The van der Waals surface area contributed by atoms with Gasteiger partial charge in [-0.15, -0.1) is 10.2 Å². The van der Waals surface area contributed by atoms with E-state index < -0.39 is 0 Å². The minimum absolute atomic E-state index is 0.129. The number of rotatable bonds is 5. The largest absolute Gasteiger partial charge is 0.354 e. The third-order valence-electron chi connectivity index (χ3n) is 4.93. The van der Waals surface area contributed by atoms with Crippen molar-refractivity contribution in [3.8, 4) is 5.69 Å². The van der Waals surface area contributed by atoms with E-state index in [1.807, 2.05) is 17.0 Å². The second-order valence-electron chi connectivity index (χ2n) is 6.89. The number of amides is 1. The first-order valence-corrected chi connectivity index (χ1v) is 9.29. The summed E-state index contributed by atoms with van der Waals surface area (Å²) in [5.74, 6) is 0.203. The molecule has 1 N–H and O–H groups in total. The normalized spacial score (nSPS) is 16.8. The molecule has 3 heterocycles. The van der Waals surface area contributed by atoms with E-state index in [4.69, 9.17) is 0 Å². The number of aromatic nitrogens is 4. The number of pyridine rings is 1. The summed E-state index contributed by atoms with van der Waals surface area (Å²) < 4.78 is 15.8. The van der Waals surface area contributed by atoms with Crippen molar-refractivity contribution < 1.29 is 9.18 Å². The molecule has 28 heavy (non-hydrogen) atoms. The molecule has 1 aliphatic rings. The van der Waals surface area contributed by atoms with Crippen molar-refractivity contribution in [1.29, 1.82) is 0 Å². The zero-order valence-corrected chi connectivity index (χ0v) is 15.3. The van der Waals surface area contributed by atoms with Gasteiger partial charge < -0.3 is 10.2 Å². The zero-order valence-electron chi connectivity index (χ0n) is 15.3. The number of halogens is 1. The standard InChI is InChI=1S/C20H21FN6O/c21-18-7-2-8-22-19(18)26-9-3-4-15(12-26)11-23-20(28)16-5-1-6-17(10-16)27-13-24-25-14-27/h1-2,5-8,10,13-15H,3-4,9,11-12H2,(H,23,28). The number of benzene rings is 1. The van der Waals surface area contributed by atoms with E-state index >= 15 is 0 Å². The van der Waals surface area contributed by atoms with Crippen molar-refractivity contribution in [3.63, 3.8) is 0 Å². The highest BCUT2D eigenvalue weighted by Gasteiger charge is 2.23. The highest BCUT2D eigenvalue weighted by Crippen LogP contribution is 2.23. The molecular formula is C20H21FN6O. The molecule has 8 heteroatoms. The first kappa shape index (κ1) is 18.1. The Morgan fingerprint density at radius 1 is 1.21 bits per heavy atom. The highest BCUT2D eigenvalue weighted by molar-refractivity contribution is 5.94. The second kappa shape index (κ2) is 8.16. The third kappa shape index (κ3) is 4.00. The summed E-state index contributed by atoms with van der Waals surface area (Å²) >= 11 is 0. The maximum Gasteiger partial charge on any atom is 0.251 e. The Kier molecular flexibility index (Phi) is 5.27. The van der Waals surface area contributed by atoms with E-state index in [2.05, 4.69) is 20.5 Å². The number of hydrogen-bond acceptors (Lipinski definition) is 5. The molecule has 144 valence electrons. The Morgan fingerprint density at radius 3 is 2.89 bits per heavy atom. The van der Waals surface area contributed by atoms with Crippen LogP contribution in [-0.2, 0) is 0 Å². The Labute approximate surface area is 162 Å². The molecule has 1 fully saturated rings. The van der Waals surface area contributed by atoms with E-state index in [1.165, 1.54) is 6.07 Å². The van der Waals surface area contributed by atoms with E-state index in [0.29, 0.717) is 24.5 Å². The van der Waals surface area contributed by atoms with Gasteiger partial charge in [0.15, 0.2) is 11.6 Å². The van der Waals surface area contributed by atoms with Crippen LogP contribution in [0.25, 0.3) is 5.69 Å². The number of carbonyl (C=O) groups excluding carboxylic acids is 1. The fraction of sp³-hybridized carbons (Fsp3) is 0.300. The Morgan fingerprint density at radius 2 is 2.07 bits per heavy atom. The molecule has 0 aliphatic carbocycles. The molecule has 0 radical (unpaired) electrons. The number of anilines is 1. The van der Waals surface area contributed by atoms with Crippen molar-refractivity contribution in [2.24, 2.45) is 5.92 Å². The molecule has 1 atom stereocenters. The lowest BCUT2D eigenvalue weighted by Crippen LogP contribution is -2.41. The molecule has 1 aliphatic heterocycles. The van der Waals surface area contributed by atoms with Crippen LogP contribution < -0.4 is 10.2 Å². The van der Waals surface area contributed by atoms with Gasteiger partial charge in [-0.1, -0.05) is 6.07 Å². The van der Waals surface area contributed by atoms with Gasteiger partial charge in [-0.05, 0) is 49.1 Å². The summed E-state index contributed by atoms with van der Waals surface area (Å²) in [5.41, 5.74) is 1.40. The van der Waals surface area contributed by atoms with Crippen LogP contribution in [0.3, 0.4) is 0 Å². The summed E-state index contributed by atoms with van der Waals surface area (Å²) in [7, 11) is 0. The Hall–Kier alpha value is -3.29. The third-order valence-corrected chi connectivity index (χ3v) is 4.93. The molecular weight excluding hydrogens is 359 g/mol. The predicted molar refractivity (Wildman–Crippen MR) is 103 cm³/mol. The van der Waals surface area contributed by atoms with E-state index in [9.17, 15) is 9.18 Å². The van der Waals surface area contributed by atoms with Crippen molar-refractivity contribution in [1.82, 2.24) is 25.1 Å². The van der Waals surface area contributed by atoms with Gasteiger partial charge in [0.2, 0.25) is 0 Å². The minimum atomic E-state index is -0.307. The van der Waals surface area contributed by atoms with Crippen LogP contribution >= 0.6 is 0 Å². The van der Waals surface area contributed by atoms with Gasteiger partial charge in [-0.2, -0.15) is 0 Å². The zero-order chi connectivity index (χ0) is 19.3. The molecule has 1 amide bonds. The molecule has 3 aromatic rings. The van der Waals surface area contributed by atoms with Gasteiger partial charge in [0.05, 0.1) is 0 Å². The first-order chi connectivity index (χ1) is 13.7. The van der Waals surface area contributed by atoms with Crippen LogP contribution in [-0.4, -0.2) is 45.3 Å². The van der Waals surface area contributed by atoms with Crippen molar-refractivity contribution in [3.05, 3.63) is 66.6 Å². The predicted octanol–water partition coefficient (Wildman–Crippen LogP) is 2.45. The quantitative estimate of drug-likeness (QED) is 0.736. The molecule has 1 saturated heterocycles.